The number of hydrogen-bond donors (Lipinski definition) is 2. The number of pyridine rings is 1. The molecule has 0 saturated heterocycles. The summed E-state index contributed by atoms with van der Waals surface area (Å²) in [6, 6.07) is 15.2. The van der Waals surface area contributed by atoms with E-state index >= 15 is 0 Å². The van der Waals surface area contributed by atoms with E-state index in [1.807, 2.05) is 36.4 Å². The lowest BCUT2D eigenvalue weighted by Crippen LogP contribution is -2.11. The number of aromatic nitrogens is 3. The Morgan fingerprint density at radius 1 is 1.04 bits per heavy atom. The SMILES string of the molecule is NC(=O)c1cccc2[nH]c(-c3ccc(-c4ccccn4)s3)nc12. The molecule has 4 aromatic rings. The van der Waals surface area contributed by atoms with Gasteiger partial charge in [0.05, 0.1) is 26.5 Å². The van der Waals surface area contributed by atoms with E-state index < -0.39 is 5.91 Å². The fourth-order valence-corrected chi connectivity index (χ4v) is 3.39. The van der Waals surface area contributed by atoms with Crippen LogP contribution in [0.3, 0.4) is 0 Å². The number of para-hydroxylation sites is 1. The number of nitrogens with zero attached hydrogens (tertiary/aromatic N) is 2. The Kier molecular flexibility index (Phi) is 3.17. The summed E-state index contributed by atoms with van der Waals surface area (Å²) < 4.78 is 0. The van der Waals surface area contributed by atoms with Crippen LogP contribution in [0.2, 0.25) is 0 Å². The minimum atomic E-state index is -0.478. The highest BCUT2D eigenvalue weighted by molar-refractivity contribution is 7.18. The first-order chi connectivity index (χ1) is 11.2. The second kappa shape index (κ2) is 5.33. The maximum Gasteiger partial charge on any atom is 0.250 e. The van der Waals surface area contributed by atoms with Gasteiger partial charge in [0.15, 0.2) is 0 Å². The van der Waals surface area contributed by atoms with Crippen LogP contribution in [0.15, 0.2) is 54.7 Å². The number of thiophene rings is 1. The molecule has 3 N–H and O–H groups in total. The first kappa shape index (κ1) is 13.7. The van der Waals surface area contributed by atoms with Gasteiger partial charge in [-0.15, -0.1) is 11.3 Å². The van der Waals surface area contributed by atoms with Crippen molar-refractivity contribution in [1.29, 1.82) is 0 Å². The Morgan fingerprint density at radius 3 is 2.70 bits per heavy atom. The lowest BCUT2D eigenvalue weighted by atomic mass is 10.2. The van der Waals surface area contributed by atoms with Crippen LogP contribution >= 0.6 is 11.3 Å². The number of nitrogens with two attached hydrogens (primary N) is 1. The molecular weight excluding hydrogens is 308 g/mol. The predicted molar refractivity (Wildman–Crippen MR) is 91.2 cm³/mol. The van der Waals surface area contributed by atoms with Crippen LogP contribution in [0.1, 0.15) is 10.4 Å². The van der Waals surface area contributed by atoms with Crippen LogP contribution in [0.5, 0.6) is 0 Å². The number of amides is 1. The number of imidazole rings is 1. The number of carbonyl (C=O) groups is 1. The Hall–Kier alpha value is -2.99. The third-order valence-electron chi connectivity index (χ3n) is 3.53. The maximum absolute atomic E-state index is 11.5. The van der Waals surface area contributed by atoms with Gasteiger partial charge in [0.2, 0.25) is 0 Å². The smallest absolute Gasteiger partial charge is 0.250 e. The number of H-pyrrole nitrogens is 1. The van der Waals surface area contributed by atoms with E-state index in [0.29, 0.717) is 11.1 Å². The Labute approximate surface area is 135 Å². The molecule has 0 fully saturated rings. The monoisotopic (exact) mass is 320 g/mol. The van der Waals surface area contributed by atoms with Crippen molar-refractivity contribution in [2.75, 3.05) is 0 Å². The van der Waals surface area contributed by atoms with Crippen molar-refractivity contribution in [1.82, 2.24) is 15.0 Å². The average molecular weight is 320 g/mol. The highest BCUT2D eigenvalue weighted by Gasteiger charge is 2.13. The number of nitrogens with one attached hydrogen (secondary N) is 1. The second-order valence-corrected chi connectivity index (χ2v) is 6.11. The molecule has 0 bridgehead atoms. The van der Waals surface area contributed by atoms with Crippen molar-refractivity contribution in [2.45, 2.75) is 0 Å². The number of rotatable bonds is 3. The molecule has 0 radical (unpaired) electrons. The average Bonchev–Trinajstić information content (AvgIpc) is 3.21. The number of fused-ring (bicyclic) bond motifs is 1. The molecule has 3 heterocycles. The fraction of sp³-hybridized carbons (Fsp3) is 0. The van der Waals surface area contributed by atoms with Crippen molar-refractivity contribution < 1.29 is 4.79 Å². The summed E-state index contributed by atoms with van der Waals surface area (Å²) in [5.74, 6) is 0.245. The summed E-state index contributed by atoms with van der Waals surface area (Å²) in [4.78, 5) is 25.7. The van der Waals surface area contributed by atoms with Gasteiger partial charge in [0.1, 0.15) is 11.3 Å². The van der Waals surface area contributed by atoms with Gasteiger partial charge in [0, 0.05) is 6.20 Å². The van der Waals surface area contributed by atoms with Crippen LogP contribution < -0.4 is 5.73 Å². The Balaban J connectivity index is 1.80. The third-order valence-corrected chi connectivity index (χ3v) is 4.65. The molecule has 5 nitrogen and oxygen atoms in total. The third kappa shape index (κ3) is 2.39. The number of primary amides is 1. The molecule has 3 aromatic heterocycles. The zero-order valence-corrected chi connectivity index (χ0v) is 12.8. The summed E-state index contributed by atoms with van der Waals surface area (Å²) in [6.45, 7) is 0. The molecule has 1 amide bonds. The quantitative estimate of drug-likeness (QED) is 0.606. The van der Waals surface area contributed by atoms with Crippen molar-refractivity contribution in [3.8, 4) is 21.3 Å². The zero-order chi connectivity index (χ0) is 15.8. The van der Waals surface area contributed by atoms with Crippen molar-refractivity contribution in [3.05, 3.63) is 60.3 Å². The van der Waals surface area contributed by atoms with Gasteiger partial charge in [-0.3, -0.25) is 9.78 Å². The van der Waals surface area contributed by atoms with Crippen LogP contribution in [-0.4, -0.2) is 20.9 Å². The fourth-order valence-electron chi connectivity index (χ4n) is 2.46. The standard InChI is InChI=1S/C17H12N4OS/c18-16(22)10-4-3-6-12-15(10)21-17(20-12)14-8-7-13(23-14)11-5-1-2-9-19-11/h1-9H,(H2,18,22)(H,20,21). The minimum absolute atomic E-state index is 0.423. The topological polar surface area (TPSA) is 84.7 Å². The van der Waals surface area contributed by atoms with Crippen molar-refractivity contribution in [2.24, 2.45) is 5.73 Å². The molecule has 0 unspecified atom stereocenters. The van der Waals surface area contributed by atoms with Crippen LogP contribution in [0.25, 0.3) is 32.3 Å². The first-order valence-corrected chi connectivity index (χ1v) is 7.84. The lowest BCUT2D eigenvalue weighted by Gasteiger charge is -1.94. The maximum atomic E-state index is 11.5. The zero-order valence-electron chi connectivity index (χ0n) is 12.0. The summed E-state index contributed by atoms with van der Waals surface area (Å²) in [5.41, 5.74) is 8.16. The molecule has 23 heavy (non-hydrogen) atoms. The summed E-state index contributed by atoms with van der Waals surface area (Å²) >= 11 is 1.60. The van der Waals surface area contributed by atoms with Crippen molar-refractivity contribution >= 4 is 28.3 Å². The van der Waals surface area contributed by atoms with E-state index in [1.165, 1.54) is 0 Å². The van der Waals surface area contributed by atoms with E-state index in [1.54, 1.807) is 29.7 Å². The molecular formula is C17H12N4OS. The first-order valence-electron chi connectivity index (χ1n) is 7.02. The molecule has 4 rings (SSSR count). The molecule has 0 saturated carbocycles. The highest BCUT2D eigenvalue weighted by atomic mass is 32.1. The summed E-state index contributed by atoms with van der Waals surface area (Å²) in [7, 11) is 0. The molecule has 0 aliphatic rings. The Morgan fingerprint density at radius 2 is 1.91 bits per heavy atom. The number of aromatic amines is 1. The van der Waals surface area contributed by atoms with Crippen LogP contribution in [0, 0.1) is 0 Å². The molecule has 0 aliphatic carbocycles. The van der Waals surface area contributed by atoms with E-state index in [4.69, 9.17) is 5.73 Å². The molecule has 1 aromatic carbocycles. The van der Waals surface area contributed by atoms with Gasteiger partial charge in [-0.1, -0.05) is 12.1 Å². The minimum Gasteiger partial charge on any atom is -0.366 e. The van der Waals surface area contributed by atoms with E-state index in [0.717, 1.165) is 26.8 Å². The van der Waals surface area contributed by atoms with Gasteiger partial charge < -0.3 is 10.7 Å². The second-order valence-electron chi connectivity index (χ2n) is 5.03. The largest absolute Gasteiger partial charge is 0.366 e. The highest BCUT2D eigenvalue weighted by Crippen LogP contribution is 2.33. The van der Waals surface area contributed by atoms with E-state index in [9.17, 15) is 4.79 Å². The van der Waals surface area contributed by atoms with Crippen LogP contribution in [-0.2, 0) is 0 Å². The molecule has 0 aliphatic heterocycles. The summed E-state index contributed by atoms with van der Waals surface area (Å²) in [5, 5.41) is 0. The number of hydrogen-bond acceptors (Lipinski definition) is 4. The molecule has 0 atom stereocenters. The van der Waals surface area contributed by atoms with Gasteiger partial charge in [-0.25, -0.2) is 4.98 Å². The molecule has 0 spiro atoms. The molecule has 112 valence electrons. The number of benzene rings is 1. The van der Waals surface area contributed by atoms with Crippen molar-refractivity contribution in [3.63, 3.8) is 0 Å². The van der Waals surface area contributed by atoms with Gasteiger partial charge in [-0.2, -0.15) is 0 Å². The van der Waals surface area contributed by atoms with Gasteiger partial charge in [-0.05, 0) is 36.4 Å². The normalized spacial score (nSPS) is 11.0. The summed E-state index contributed by atoms with van der Waals surface area (Å²) in [6.07, 6.45) is 1.77. The molecule has 6 heteroatoms. The van der Waals surface area contributed by atoms with E-state index in [2.05, 4.69) is 15.0 Å². The van der Waals surface area contributed by atoms with Crippen LogP contribution in [0.4, 0.5) is 0 Å². The Bertz CT molecular complexity index is 1000. The number of carbonyl (C=O) groups excluding carboxylic acids is 1. The van der Waals surface area contributed by atoms with E-state index in [-0.39, 0.29) is 0 Å². The van der Waals surface area contributed by atoms with Gasteiger partial charge >= 0.3 is 0 Å². The predicted octanol–water partition coefficient (Wildman–Crippen LogP) is 3.45. The lowest BCUT2D eigenvalue weighted by molar-refractivity contribution is 0.100. The van der Waals surface area contributed by atoms with Gasteiger partial charge in [0.25, 0.3) is 5.91 Å².